The molecule has 0 amide bonds. The predicted molar refractivity (Wildman–Crippen MR) is 370 cm³/mol. The Balaban J connectivity index is -0.0000000152. The van der Waals surface area contributed by atoms with Gasteiger partial charge >= 0.3 is 280 Å². The van der Waals surface area contributed by atoms with Crippen LogP contribution in [0.1, 0.15) is 81.1 Å². The normalized spacial score (nSPS) is 11.0. The van der Waals surface area contributed by atoms with E-state index in [4.69, 9.17) is 169 Å². The fourth-order valence-electron chi connectivity index (χ4n) is 1.74. The number of carbonyl (C=O) groups is 8. The monoisotopic (exact) mass is 3220 g/mol. The van der Waals surface area contributed by atoms with Crippen LogP contribution in [0.25, 0.3) is 108 Å². The third-order valence-electron chi connectivity index (χ3n) is 6.97. The SMILES string of the molecule is CC(C(=O)O)C(=O)O.CC(C(=O)O)C(=O)O.CC(CO)C(=O)O.CC(CO)C(=O)O.CC(C[NH-])C[NH-].CC(O)C(=O)O.CC(O)C(=O)O.CC([NH-])C[NH-].C[N-]CC[NH-].N.N.NC1CCCCC1N.NCCN.[Cl][Pt+2][Cl].[Cl][Pt+2][Cl].[Cl][Pt+2][Cl].[NH2-].[NH2-].[NH2-].[NH2-].[NH2-].[NH2-].[NH2-].[NH2-].[NH2-].[NH2-].[NH2-].[NH2-].[Pt+2].[Pt+2].[Pt+2].[Pt+2].[Pt+2].[Pt+2]. The second-order valence-corrected chi connectivity index (χ2v) is 24.3. The van der Waals surface area contributed by atoms with Crippen molar-refractivity contribution in [1.29, 1.82) is 0 Å². The Kier molecular flexibility index (Phi) is 407. The van der Waals surface area contributed by atoms with Crippen LogP contribution in [0.3, 0.4) is 0 Å². The van der Waals surface area contributed by atoms with E-state index in [0.29, 0.717) is 39.3 Å². The Morgan fingerprint density at radius 2 is 0.596 bits per heavy atom. The zero-order chi connectivity index (χ0) is 66.4. The van der Waals surface area contributed by atoms with E-state index in [-0.39, 0.29) is 256 Å². The minimum absolute atomic E-state index is 0. The van der Waals surface area contributed by atoms with Gasteiger partial charge in [0.1, 0.15) is 12.2 Å². The van der Waals surface area contributed by atoms with Gasteiger partial charge in [-0.3, -0.25) is 28.8 Å². The second kappa shape index (κ2) is 184. The maximum atomic E-state index is 9.77. The third-order valence-corrected chi connectivity index (χ3v) is 6.97. The van der Waals surface area contributed by atoms with Crippen LogP contribution in [-0.4, -0.2) is 205 Å². The average Bonchev–Trinajstić information content (AvgIpc) is 3.38. The van der Waals surface area contributed by atoms with Gasteiger partial charge in [-0.05, 0) is 54.4 Å². The molecule has 99 heavy (non-hydrogen) atoms. The number of aliphatic carboxylic acids is 8. The topological polar surface area (TPSA) is 1090 Å². The Morgan fingerprint density at radius 3 is 0.616 bits per heavy atom. The number of likely N-dealkylation sites (N-methyl/N-ethyl adjacent to an activating group) is 1. The van der Waals surface area contributed by atoms with Crippen molar-refractivity contribution >= 4 is 104 Å². The summed E-state index contributed by atoms with van der Waals surface area (Å²) >= 11 is -1.42. The Bertz CT molecular complexity index is 1290. The van der Waals surface area contributed by atoms with E-state index in [9.17, 15) is 38.4 Å². The first-order valence-electron chi connectivity index (χ1n) is 21.9. The predicted octanol–water partition coefficient (Wildman–Crippen LogP) is 14.3. The van der Waals surface area contributed by atoms with Gasteiger partial charge in [-0.25, -0.2) is 9.59 Å². The van der Waals surface area contributed by atoms with E-state index in [0.717, 1.165) is 26.7 Å². The van der Waals surface area contributed by atoms with Crippen molar-refractivity contribution in [2.75, 3.05) is 66.1 Å². The van der Waals surface area contributed by atoms with E-state index in [2.05, 4.69) is 5.32 Å². The molecule has 44 nitrogen and oxygen atoms in total. The van der Waals surface area contributed by atoms with Gasteiger partial charge in [-0.2, -0.15) is 45.8 Å². The van der Waals surface area contributed by atoms with Crippen LogP contribution in [-0.2, 0) is 214 Å². The van der Waals surface area contributed by atoms with Gasteiger partial charge < -0.3 is 204 Å². The maximum Gasteiger partial charge on any atom is 2.00 e. The summed E-state index contributed by atoms with van der Waals surface area (Å²) in [6, 6.07) is 0.363. The van der Waals surface area contributed by atoms with Crippen molar-refractivity contribution in [3.8, 4) is 0 Å². The number of aliphatic hydroxyl groups is 4. The first-order chi connectivity index (χ1) is 36.2. The van der Waals surface area contributed by atoms with Crippen LogP contribution in [0, 0.1) is 29.6 Å². The van der Waals surface area contributed by atoms with Crippen molar-refractivity contribution in [1.82, 2.24) is 12.3 Å². The van der Waals surface area contributed by atoms with Crippen LogP contribution in [0.4, 0.5) is 0 Å². The summed E-state index contributed by atoms with van der Waals surface area (Å²) in [7, 11) is 31.0. The molecule has 59 heteroatoms. The largest absolute Gasteiger partial charge is 2.00 e. The Morgan fingerprint density at radius 1 is 0.434 bits per heavy atom. The molecule has 0 aromatic rings. The number of aliphatic hydroxyl groups excluding tert-OH is 4. The smallest absolute Gasteiger partial charge is 0.693 e. The van der Waals surface area contributed by atoms with E-state index in [1.807, 2.05) is 6.92 Å². The number of halogens is 6. The van der Waals surface area contributed by atoms with Crippen molar-refractivity contribution in [2.45, 2.75) is 111 Å². The van der Waals surface area contributed by atoms with E-state index in [1.165, 1.54) is 40.5 Å². The number of nitrogens with two attached hydrogens (primary N) is 16. The summed E-state index contributed by atoms with van der Waals surface area (Å²) < 4.78 is 0. The summed E-state index contributed by atoms with van der Waals surface area (Å²) in [6.45, 7) is 13.9. The quantitative estimate of drug-likeness (QED) is 0.0638. The molecule has 1 aliphatic rings. The van der Waals surface area contributed by atoms with Crippen molar-refractivity contribution < 1.29 is 275 Å². The fourth-order valence-corrected chi connectivity index (χ4v) is 1.74. The fraction of sp³-hybridized carbons (Fsp3) is 0.800. The molecule has 55 N–H and O–H groups in total. The molecule has 7 unspecified atom stereocenters. The molecule has 0 bridgehead atoms. The number of nitrogens with one attached hydrogen (secondary N) is 5. The Labute approximate surface area is 721 Å². The molecule has 0 aromatic heterocycles. The molecular weight excluding hydrogens is 3110 g/mol. The molecule has 1 saturated carbocycles. The third kappa shape index (κ3) is 285. The molecule has 1 rings (SSSR count). The number of carboxylic acid groups (broad SMARTS) is 8. The Hall–Kier alpha value is 2.57. The molecule has 0 aromatic carbocycles. The van der Waals surface area contributed by atoms with Crippen LogP contribution in [0.15, 0.2) is 0 Å². The van der Waals surface area contributed by atoms with Crippen LogP contribution in [0.2, 0.25) is 0 Å². The standard InChI is InChI=1S/C6H14N2.C4H10N2.2C4H6O4.2C4H8O3.2C3H8N2.2C3H6O3.C2H8N2.6ClH.2H3N.12H2N.9Pt/c7-5-3-1-2-4-6(5)8;1-4(2-5)3-6;2*1-2(3(5)6)4(7)8;2*1-3(2-5)4(6)7;1-5-3-2-4;1-3(5)2-4;2*1-2(4)3(5)6;3-1-2-4;;;;;;;;;;;;;;;;;;;;;;;;;;;;;/h5-6H,1-4,7-8H2;4-6H,2-3H2,1H3;2*2H,1H3,(H,5,6)(H,7,8);2*3,5H,2H2,1H3,(H,6,7);4H,2-3H2,1H3;3-5H,2H2,1H3;2*2,4H,1H3,(H,5,6);1-4H2;6*1H;2*1H3;12*1H2;;;;;;;;;/q;-2;;;;;2*-2;;;;;;;;;;;;12*-1;6*+2;3*+4/p-6. The number of hydrogen-bond donors (Lipinski definition) is 18. The van der Waals surface area contributed by atoms with Crippen molar-refractivity contribution in [3.05, 3.63) is 108 Å². The van der Waals surface area contributed by atoms with Gasteiger partial charge in [0.25, 0.3) is 0 Å². The minimum atomic E-state index is -1.31. The number of carboxylic acids is 8. The summed E-state index contributed by atoms with van der Waals surface area (Å²) in [6.07, 6.45) is 2.33. The van der Waals surface area contributed by atoms with Gasteiger partial charge in [0.15, 0.2) is 11.8 Å². The molecule has 650 valence electrons. The molecule has 0 heterocycles. The van der Waals surface area contributed by atoms with Crippen molar-refractivity contribution in [3.63, 3.8) is 0 Å². The van der Waals surface area contributed by atoms with E-state index < -0.39 is 133 Å². The molecule has 0 aliphatic heterocycles. The van der Waals surface area contributed by atoms with E-state index >= 15 is 0 Å². The molecule has 0 spiro atoms. The first kappa shape index (κ1) is 218. The van der Waals surface area contributed by atoms with Crippen LogP contribution in [0.5, 0.6) is 0 Å². The molecule has 0 saturated heterocycles. The van der Waals surface area contributed by atoms with Crippen molar-refractivity contribution in [2.24, 2.45) is 52.5 Å². The summed E-state index contributed by atoms with van der Waals surface area (Å²) in [4.78, 5) is 77.5. The van der Waals surface area contributed by atoms with Crippen LogP contribution >= 0.6 is 56.5 Å². The van der Waals surface area contributed by atoms with Gasteiger partial charge in [-0.1, -0.05) is 32.6 Å². The zero-order valence-electron chi connectivity index (χ0n) is 55.3. The van der Waals surface area contributed by atoms with E-state index in [1.54, 1.807) is 14.0 Å². The number of rotatable bonds is 16. The van der Waals surface area contributed by atoms with Crippen LogP contribution < -0.4 is 35.2 Å². The average molecular weight is 3220 g/mol. The summed E-state index contributed by atoms with van der Waals surface area (Å²) in [5.74, 6) is -13.1. The molecular formula is C40H118Cl6N24O20Pt9. The molecule has 1 aliphatic carbocycles. The maximum absolute atomic E-state index is 9.77. The van der Waals surface area contributed by atoms with Gasteiger partial charge in [0.2, 0.25) is 0 Å². The number of nitrogens with zero attached hydrogens (tertiary/aromatic N) is 1. The first-order valence-corrected chi connectivity index (χ1v) is 38.7. The summed E-state index contributed by atoms with van der Waals surface area (Å²) in [5.41, 5.74) is 54.1. The number of hydrogen-bond acceptors (Lipinski definition) is 18. The molecule has 1 fully saturated rings. The minimum Gasteiger partial charge on any atom is -0.693 e. The van der Waals surface area contributed by atoms with Gasteiger partial charge in [-0.15, -0.1) is 0 Å². The zero-order valence-corrected chi connectivity index (χ0v) is 80.3. The van der Waals surface area contributed by atoms with Gasteiger partial charge in [0, 0.05) is 25.2 Å². The molecule has 0 radical (unpaired) electrons. The summed E-state index contributed by atoms with van der Waals surface area (Å²) in [5, 5.41) is 99.4. The molecule has 7 atom stereocenters. The van der Waals surface area contributed by atoms with Gasteiger partial charge in [0.05, 0.1) is 25.0 Å². The second-order valence-electron chi connectivity index (χ2n) is 14.4.